The van der Waals surface area contributed by atoms with E-state index in [2.05, 4.69) is 42.3 Å². The highest BCUT2D eigenvalue weighted by Gasteiger charge is 2.17. The third-order valence-corrected chi connectivity index (χ3v) is 7.06. The molecule has 4 aromatic rings. The highest BCUT2D eigenvalue weighted by molar-refractivity contribution is 7.99. The van der Waals surface area contributed by atoms with Crippen molar-refractivity contribution in [3.05, 3.63) is 83.7 Å². The molecule has 0 saturated heterocycles. The van der Waals surface area contributed by atoms with E-state index in [9.17, 15) is 13.2 Å². The minimum Gasteiger partial charge on any atom is -0.325 e. The number of sulfone groups is 1. The molecule has 0 aliphatic heterocycles. The predicted molar refractivity (Wildman–Crippen MR) is 133 cm³/mol. The number of para-hydroxylation sites is 2. The van der Waals surface area contributed by atoms with E-state index < -0.39 is 9.84 Å². The van der Waals surface area contributed by atoms with E-state index in [-0.39, 0.29) is 18.2 Å². The van der Waals surface area contributed by atoms with Crippen molar-refractivity contribution in [1.29, 1.82) is 0 Å². The number of benzene rings is 3. The summed E-state index contributed by atoms with van der Waals surface area (Å²) in [5, 5.41) is 2.90. The van der Waals surface area contributed by atoms with Crippen LogP contribution in [0.25, 0.3) is 11.0 Å². The van der Waals surface area contributed by atoms with Gasteiger partial charge in [-0.1, -0.05) is 30.0 Å². The molecule has 0 saturated carbocycles. The Bertz CT molecular complexity index is 1430. The molecule has 170 valence electrons. The third kappa shape index (κ3) is 5.83. The average molecular weight is 480 g/mol. The molecule has 0 aliphatic rings. The number of fused-ring (bicyclic) bond motifs is 1. The van der Waals surface area contributed by atoms with Crippen molar-refractivity contribution in [2.45, 2.75) is 35.9 Å². The van der Waals surface area contributed by atoms with Crippen LogP contribution in [-0.4, -0.2) is 30.1 Å². The topological polar surface area (TPSA) is 81.1 Å². The summed E-state index contributed by atoms with van der Waals surface area (Å²) in [6.45, 7) is 4.17. The van der Waals surface area contributed by atoms with Crippen molar-refractivity contribution in [3.8, 4) is 0 Å². The first-order chi connectivity index (χ1) is 15.7. The first-order valence-corrected chi connectivity index (χ1v) is 13.3. The lowest BCUT2D eigenvalue weighted by atomic mass is 10.1. The van der Waals surface area contributed by atoms with Crippen LogP contribution in [0.3, 0.4) is 0 Å². The van der Waals surface area contributed by atoms with Crippen LogP contribution >= 0.6 is 11.8 Å². The van der Waals surface area contributed by atoms with Gasteiger partial charge in [0.15, 0.2) is 9.84 Å². The number of nitrogens with zero attached hydrogens (tertiary/aromatic N) is 2. The van der Waals surface area contributed by atoms with Gasteiger partial charge in [-0.2, -0.15) is 0 Å². The summed E-state index contributed by atoms with van der Waals surface area (Å²) in [6.07, 6.45) is 1.16. The number of hydrogen-bond donors (Lipinski definition) is 1. The Morgan fingerprint density at radius 1 is 0.970 bits per heavy atom. The Kier molecular flexibility index (Phi) is 6.58. The molecule has 0 bridgehead atoms. The number of imidazole rings is 1. The van der Waals surface area contributed by atoms with Gasteiger partial charge in [0, 0.05) is 21.7 Å². The van der Waals surface area contributed by atoms with Crippen LogP contribution < -0.4 is 5.32 Å². The fraction of sp³-hybridized carbons (Fsp3) is 0.200. The third-order valence-electron chi connectivity index (χ3n) is 5.28. The van der Waals surface area contributed by atoms with Crippen LogP contribution in [0.15, 0.2) is 76.5 Å². The van der Waals surface area contributed by atoms with Gasteiger partial charge in [-0.15, -0.1) is 0 Å². The lowest BCUT2D eigenvalue weighted by Crippen LogP contribution is -2.21. The molecule has 0 fully saturated rings. The van der Waals surface area contributed by atoms with Crippen molar-refractivity contribution in [2.24, 2.45) is 0 Å². The van der Waals surface area contributed by atoms with Gasteiger partial charge in [-0.3, -0.25) is 4.79 Å². The largest absolute Gasteiger partial charge is 0.325 e. The zero-order chi connectivity index (χ0) is 23.6. The van der Waals surface area contributed by atoms with Gasteiger partial charge >= 0.3 is 0 Å². The van der Waals surface area contributed by atoms with E-state index in [1.807, 2.05) is 42.5 Å². The van der Waals surface area contributed by atoms with Crippen LogP contribution in [-0.2, 0) is 26.9 Å². The highest BCUT2D eigenvalue weighted by Crippen LogP contribution is 2.30. The molecule has 6 nitrogen and oxygen atoms in total. The molecule has 1 amide bonds. The normalized spacial score (nSPS) is 11.6. The van der Waals surface area contributed by atoms with Gasteiger partial charge in [-0.25, -0.2) is 13.4 Å². The Morgan fingerprint density at radius 2 is 1.67 bits per heavy atom. The van der Waals surface area contributed by atoms with E-state index in [1.165, 1.54) is 16.0 Å². The number of carbonyl (C=O) groups is 1. The number of aromatic nitrogens is 2. The molecule has 0 spiro atoms. The van der Waals surface area contributed by atoms with Crippen LogP contribution in [0, 0.1) is 13.8 Å². The highest BCUT2D eigenvalue weighted by atomic mass is 32.2. The summed E-state index contributed by atoms with van der Waals surface area (Å²) in [5.41, 5.74) is 4.59. The Hall–Kier alpha value is -3.10. The maximum absolute atomic E-state index is 12.8. The monoisotopic (exact) mass is 479 g/mol. The maximum atomic E-state index is 12.8. The van der Waals surface area contributed by atoms with Gasteiger partial charge in [0.2, 0.25) is 5.91 Å². The fourth-order valence-electron chi connectivity index (χ4n) is 3.51. The van der Waals surface area contributed by atoms with Crippen molar-refractivity contribution in [3.63, 3.8) is 0 Å². The summed E-state index contributed by atoms with van der Waals surface area (Å²) in [6, 6.07) is 21.4. The maximum Gasteiger partial charge on any atom is 0.244 e. The van der Waals surface area contributed by atoms with E-state index in [4.69, 9.17) is 0 Å². The first-order valence-electron chi connectivity index (χ1n) is 10.4. The Labute approximate surface area is 198 Å². The zero-order valence-corrected chi connectivity index (χ0v) is 20.3. The van der Waals surface area contributed by atoms with Crippen LogP contribution in [0.2, 0.25) is 0 Å². The molecule has 1 N–H and O–H groups in total. The summed E-state index contributed by atoms with van der Waals surface area (Å²) in [5.74, 6) is -0.115. The van der Waals surface area contributed by atoms with Crippen molar-refractivity contribution >= 4 is 44.2 Å². The fourth-order valence-corrected chi connectivity index (χ4v) is 5.12. The standard InChI is InChI=1S/C25H25N3O3S2/c1-17-8-11-21(14-18(17)2)32-20-12-9-19(10-13-20)26-25(29)15-28-23-7-5-4-6-22(23)27-24(28)16-33(3,30)31/h4-14H,15-16H2,1-3H3,(H,26,29). The van der Waals surface area contributed by atoms with Gasteiger partial charge in [0.05, 0.1) is 11.0 Å². The molecule has 0 radical (unpaired) electrons. The summed E-state index contributed by atoms with van der Waals surface area (Å²) < 4.78 is 25.4. The molecule has 0 unspecified atom stereocenters. The minimum absolute atomic E-state index is 0.0233. The quantitative estimate of drug-likeness (QED) is 0.404. The van der Waals surface area contributed by atoms with E-state index in [0.29, 0.717) is 17.0 Å². The molecular formula is C25H25N3O3S2. The number of rotatable bonds is 7. The Morgan fingerprint density at radius 3 is 2.36 bits per heavy atom. The molecular weight excluding hydrogens is 454 g/mol. The van der Waals surface area contributed by atoms with Crippen molar-refractivity contribution in [1.82, 2.24) is 9.55 Å². The lowest BCUT2D eigenvalue weighted by Gasteiger charge is -2.10. The average Bonchev–Trinajstić information content (AvgIpc) is 3.07. The number of aryl methyl sites for hydroxylation is 2. The molecule has 8 heteroatoms. The molecule has 0 atom stereocenters. The SMILES string of the molecule is Cc1ccc(Sc2ccc(NC(=O)Cn3c(CS(C)(=O)=O)nc4ccccc43)cc2)cc1C. The number of hydrogen-bond acceptors (Lipinski definition) is 5. The van der Waals surface area contributed by atoms with Gasteiger partial charge < -0.3 is 9.88 Å². The van der Waals surface area contributed by atoms with Crippen molar-refractivity contribution in [2.75, 3.05) is 11.6 Å². The van der Waals surface area contributed by atoms with Crippen LogP contribution in [0.4, 0.5) is 5.69 Å². The van der Waals surface area contributed by atoms with E-state index >= 15 is 0 Å². The number of amides is 1. The molecule has 33 heavy (non-hydrogen) atoms. The number of nitrogens with one attached hydrogen (secondary N) is 1. The molecule has 1 aromatic heterocycles. The second-order valence-electron chi connectivity index (χ2n) is 8.09. The molecule has 1 heterocycles. The predicted octanol–water partition coefficient (Wildman–Crippen LogP) is 4.99. The second-order valence-corrected chi connectivity index (χ2v) is 11.4. The smallest absolute Gasteiger partial charge is 0.244 e. The van der Waals surface area contributed by atoms with Gasteiger partial charge in [0.25, 0.3) is 0 Å². The first kappa shape index (κ1) is 23.1. The lowest BCUT2D eigenvalue weighted by molar-refractivity contribution is -0.116. The molecule has 3 aromatic carbocycles. The van der Waals surface area contributed by atoms with Crippen LogP contribution in [0.1, 0.15) is 17.0 Å². The van der Waals surface area contributed by atoms with E-state index in [0.717, 1.165) is 16.7 Å². The number of anilines is 1. The van der Waals surface area contributed by atoms with Gasteiger partial charge in [0.1, 0.15) is 18.1 Å². The van der Waals surface area contributed by atoms with Crippen molar-refractivity contribution < 1.29 is 13.2 Å². The molecule has 0 aliphatic carbocycles. The minimum atomic E-state index is -3.30. The number of carbonyl (C=O) groups excluding carboxylic acids is 1. The second kappa shape index (κ2) is 9.41. The Balaban J connectivity index is 1.47. The summed E-state index contributed by atoms with van der Waals surface area (Å²) in [7, 11) is -3.30. The summed E-state index contributed by atoms with van der Waals surface area (Å²) >= 11 is 1.67. The van der Waals surface area contributed by atoms with E-state index in [1.54, 1.807) is 22.4 Å². The van der Waals surface area contributed by atoms with Gasteiger partial charge in [-0.05, 0) is 73.5 Å². The van der Waals surface area contributed by atoms with Crippen LogP contribution in [0.5, 0.6) is 0 Å². The molecule has 4 rings (SSSR count). The summed E-state index contributed by atoms with van der Waals surface area (Å²) in [4.78, 5) is 19.4. The zero-order valence-electron chi connectivity index (χ0n) is 18.7.